The molecule has 9 heteroatoms. The second kappa shape index (κ2) is 5.88. The van der Waals surface area contributed by atoms with E-state index in [-0.39, 0.29) is 17.3 Å². The van der Waals surface area contributed by atoms with Gasteiger partial charge < -0.3 is 16.4 Å². The average Bonchev–Trinajstić information content (AvgIpc) is 2.46. The minimum atomic E-state index is -4.57. The normalized spacial score (nSPS) is 11.1. The second-order valence-electron chi connectivity index (χ2n) is 4.24. The van der Waals surface area contributed by atoms with E-state index in [9.17, 15) is 18.0 Å². The van der Waals surface area contributed by atoms with Gasteiger partial charge in [-0.1, -0.05) is 12.1 Å². The molecule has 2 aromatic rings. The van der Waals surface area contributed by atoms with E-state index in [1.807, 2.05) is 0 Å². The van der Waals surface area contributed by atoms with E-state index in [1.54, 1.807) is 18.2 Å². The van der Waals surface area contributed by atoms with E-state index in [1.165, 1.54) is 13.1 Å². The Morgan fingerprint density at radius 3 is 2.55 bits per heavy atom. The molecule has 1 amide bonds. The molecule has 116 valence electrons. The summed E-state index contributed by atoms with van der Waals surface area (Å²) in [6.07, 6.45) is -3.91. The van der Waals surface area contributed by atoms with Crippen LogP contribution in [-0.4, -0.2) is 22.9 Å². The lowest BCUT2D eigenvalue weighted by atomic mass is 10.1. The highest BCUT2D eigenvalue weighted by atomic mass is 19.4. The lowest BCUT2D eigenvalue weighted by Crippen LogP contribution is -2.15. The quantitative estimate of drug-likeness (QED) is 0.806. The van der Waals surface area contributed by atoms with Gasteiger partial charge in [0.15, 0.2) is 0 Å². The van der Waals surface area contributed by atoms with Crippen molar-refractivity contribution in [3.8, 4) is 0 Å². The topological polar surface area (TPSA) is 92.9 Å². The van der Waals surface area contributed by atoms with Crippen molar-refractivity contribution >= 4 is 23.4 Å². The Labute approximate surface area is 123 Å². The van der Waals surface area contributed by atoms with Crippen LogP contribution in [0.3, 0.4) is 0 Å². The molecule has 22 heavy (non-hydrogen) atoms. The minimum absolute atomic E-state index is 0.0916. The number of rotatable bonds is 4. The van der Waals surface area contributed by atoms with Crippen molar-refractivity contribution in [3.63, 3.8) is 0 Å². The maximum absolute atomic E-state index is 12.8. The van der Waals surface area contributed by atoms with Crippen LogP contribution in [0.1, 0.15) is 15.9 Å². The van der Waals surface area contributed by atoms with Crippen molar-refractivity contribution in [2.75, 3.05) is 17.7 Å². The summed E-state index contributed by atoms with van der Waals surface area (Å²) in [5, 5.41) is 5.04. The predicted molar refractivity (Wildman–Crippen MR) is 74.8 cm³/mol. The second-order valence-corrected chi connectivity index (χ2v) is 4.24. The monoisotopic (exact) mass is 311 g/mol. The van der Waals surface area contributed by atoms with Crippen molar-refractivity contribution in [2.45, 2.75) is 6.18 Å². The largest absolute Gasteiger partial charge is 0.421 e. The first-order valence-electron chi connectivity index (χ1n) is 6.10. The number of aromatic nitrogens is 2. The number of anilines is 3. The standard InChI is InChI=1S/C13H12F3N5O/c1-18-11-8(13(14,15)16)6-19-12(21-11)20-9-5-3-2-4-7(9)10(17)22/h2-6H,1H3,(H2,17,22)(H2,18,19,20,21). The Balaban J connectivity index is 2.38. The van der Waals surface area contributed by atoms with Crippen molar-refractivity contribution < 1.29 is 18.0 Å². The van der Waals surface area contributed by atoms with Crippen LogP contribution < -0.4 is 16.4 Å². The van der Waals surface area contributed by atoms with Gasteiger partial charge in [0, 0.05) is 13.2 Å². The Hall–Kier alpha value is -2.84. The molecule has 0 spiro atoms. The van der Waals surface area contributed by atoms with Gasteiger partial charge in [-0.05, 0) is 12.1 Å². The summed E-state index contributed by atoms with van der Waals surface area (Å²) >= 11 is 0. The molecule has 0 saturated heterocycles. The van der Waals surface area contributed by atoms with E-state index >= 15 is 0 Å². The third kappa shape index (κ3) is 3.25. The fraction of sp³-hybridized carbons (Fsp3) is 0.154. The lowest BCUT2D eigenvalue weighted by Gasteiger charge is -2.13. The van der Waals surface area contributed by atoms with Crippen LogP contribution in [0, 0.1) is 0 Å². The number of alkyl halides is 3. The molecule has 0 aliphatic carbocycles. The third-order valence-corrected chi connectivity index (χ3v) is 2.77. The van der Waals surface area contributed by atoms with Crippen LogP contribution in [0.15, 0.2) is 30.5 Å². The number of carbonyl (C=O) groups excluding carboxylic acids is 1. The number of para-hydroxylation sites is 1. The van der Waals surface area contributed by atoms with Crippen LogP contribution in [0.25, 0.3) is 0 Å². The smallest absolute Gasteiger partial charge is 0.372 e. The van der Waals surface area contributed by atoms with Crippen molar-refractivity contribution in [1.29, 1.82) is 0 Å². The Morgan fingerprint density at radius 2 is 1.95 bits per heavy atom. The summed E-state index contributed by atoms with van der Waals surface area (Å²) in [5.41, 5.74) is 4.72. The van der Waals surface area contributed by atoms with Gasteiger partial charge in [-0.3, -0.25) is 4.79 Å². The van der Waals surface area contributed by atoms with Crippen LogP contribution in [0.4, 0.5) is 30.6 Å². The maximum atomic E-state index is 12.8. The number of nitrogens with zero attached hydrogens (tertiary/aromatic N) is 2. The molecule has 1 heterocycles. The lowest BCUT2D eigenvalue weighted by molar-refractivity contribution is -0.137. The van der Waals surface area contributed by atoms with Gasteiger partial charge in [0.2, 0.25) is 5.95 Å². The van der Waals surface area contributed by atoms with E-state index in [2.05, 4.69) is 20.6 Å². The Kier molecular flexibility index (Phi) is 4.15. The van der Waals surface area contributed by atoms with Crippen LogP contribution >= 0.6 is 0 Å². The highest BCUT2D eigenvalue weighted by Crippen LogP contribution is 2.33. The zero-order valence-corrected chi connectivity index (χ0v) is 11.4. The number of carbonyl (C=O) groups is 1. The zero-order valence-electron chi connectivity index (χ0n) is 11.4. The molecule has 0 radical (unpaired) electrons. The number of amides is 1. The molecule has 0 bridgehead atoms. The van der Waals surface area contributed by atoms with Gasteiger partial charge in [-0.15, -0.1) is 0 Å². The summed E-state index contributed by atoms with van der Waals surface area (Å²) in [5.74, 6) is -1.14. The van der Waals surface area contributed by atoms with Crippen molar-refractivity contribution in [3.05, 3.63) is 41.6 Å². The Morgan fingerprint density at radius 1 is 1.27 bits per heavy atom. The molecule has 0 unspecified atom stereocenters. The molecule has 0 aliphatic heterocycles. The van der Waals surface area contributed by atoms with E-state index in [4.69, 9.17) is 5.73 Å². The number of hydrogen-bond donors (Lipinski definition) is 3. The summed E-state index contributed by atoms with van der Waals surface area (Å²) in [6, 6.07) is 6.27. The first kappa shape index (κ1) is 15.5. The molecule has 0 fully saturated rings. The molecule has 0 aliphatic rings. The van der Waals surface area contributed by atoms with Gasteiger partial charge in [-0.2, -0.15) is 18.2 Å². The summed E-state index contributed by atoms with van der Waals surface area (Å²) < 4.78 is 38.3. The van der Waals surface area contributed by atoms with Gasteiger partial charge in [-0.25, -0.2) is 4.98 Å². The summed E-state index contributed by atoms with van der Waals surface area (Å²) in [7, 11) is 1.32. The van der Waals surface area contributed by atoms with Gasteiger partial charge >= 0.3 is 6.18 Å². The van der Waals surface area contributed by atoms with E-state index in [0.29, 0.717) is 11.9 Å². The molecule has 0 saturated carbocycles. The van der Waals surface area contributed by atoms with Crippen LogP contribution in [-0.2, 0) is 6.18 Å². The number of primary amides is 1. The fourth-order valence-electron chi connectivity index (χ4n) is 1.77. The minimum Gasteiger partial charge on any atom is -0.372 e. The number of hydrogen-bond acceptors (Lipinski definition) is 5. The fourth-order valence-corrected chi connectivity index (χ4v) is 1.77. The average molecular weight is 311 g/mol. The first-order valence-corrected chi connectivity index (χ1v) is 6.10. The SMILES string of the molecule is CNc1nc(Nc2ccccc2C(N)=O)ncc1C(F)(F)F. The van der Waals surface area contributed by atoms with Crippen LogP contribution in [0.5, 0.6) is 0 Å². The van der Waals surface area contributed by atoms with Crippen molar-refractivity contribution in [1.82, 2.24) is 9.97 Å². The van der Waals surface area contributed by atoms with Gasteiger partial charge in [0.05, 0.1) is 11.3 Å². The highest BCUT2D eigenvalue weighted by molar-refractivity contribution is 5.98. The molecule has 1 aromatic heterocycles. The third-order valence-electron chi connectivity index (χ3n) is 2.77. The van der Waals surface area contributed by atoms with E-state index in [0.717, 1.165) is 0 Å². The summed E-state index contributed by atoms with van der Waals surface area (Å²) in [4.78, 5) is 18.7. The molecule has 4 N–H and O–H groups in total. The Bertz CT molecular complexity index is 702. The number of nitrogens with two attached hydrogens (primary N) is 1. The zero-order chi connectivity index (χ0) is 16.3. The first-order chi connectivity index (χ1) is 10.3. The number of halogens is 3. The molecular weight excluding hydrogens is 299 g/mol. The molecule has 1 aromatic carbocycles. The molecular formula is C13H12F3N5O. The highest BCUT2D eigenvalue weighted by Gasteiger charge is 2.35. The molecule has 2 rings (SSSR count). The van der Waals surface area contributed by atoms with Gasteiger partial charge in [0.25, 0.3) is 5.91 Å². The van der Waals surface area contributed by atoms with E-state index < -0.39 is 17.6 Å². The number of nitrogens with one attached hydrogen (secondary N) is 2. The van der Waals surface area contributed by atoms with Gasteiger partial charge in [0.1, 0.15) is 11.4 Å². The number of benzene rings is 1. The van der Waals surface area contributed by atoms with Crippen molar-refractivity contribution in [2.24, 2.45) is 5.73 Å². The predicted octanol–water partition coefficient (Wildman–Crippen LogP) is 2.38. The maximum Gasteiger partial charge on any atom is 0.421 e. The molecule has 0 atom stereocenters. The molecule has 6 nitrogen and oxygen atoms in total. The van der Waals surface area contributed by atoms with Crippen LogP contribution in [0.2, 0.25) is 0 Å². The summed E-state index contributed by atoms with van der Waals surface area (Å²) in [6.45, 7) is 0.